The summed E-state index contributed by atoms with van der Waals surface area (Å²) in [5, 5.41) is 6.37. The number of carbonyl (C=O) groups is 1. The molecule has 112 valence electrons. The van der Waals surface area contributed by atoms with E-state index in [1.807, 2.05) is 7.05 Å². The van der Waals surface area contributed by atoms with Crippen molar-refractivity contribution in [3.63, 3.8) is 0 Å². The van der Waals surface area contributed by atoms with Crippen molar-refractivity contribution in [1.82, 2.24) is 15.5 Å². The number of ether oxygens (including phenoxy) is 1. The number of piperidine rings is 1. The van der Waals surface area contributed by atoms with Crippen molar-refractivity contribution in [2.75, 3.05) is 46.9 Å². The molecule has 1 aliphatic rings. The van der Waals surface area contributed by atoms with Gasteiger partial charge in [0.2, 0.25) is 5.91 Å². The second kappa shape index (κ2) is 7.82. The molecule has 1 fully saturated rings. The standard InChI is InChI=1S/C14H29N3O2/c1-14(2)6-5-7-15-12(14)13(18)16-8-9-17(3)10-11-19-4/h12,15H,5-11H2,1-4H3,(H,16,18). The van der Waals surface area contributed by atoms with E-state index in [0.29, 0.717) is 6.54 Å². The van der Waals surface area contributed by atoms with E-state index in [-0.39, 0.29) is 17.4 Å². The number of nitrogens with one attached hydrogen (secondary N) is 2. The fourth-order valence-corrected chi connectivity index (χ4v) is 2.49. The molecular weight excluding hydrogens is 242 g/mol. The normalized spacial score (nSPS) is 22.5. The molecule has 1 atom stereocenters. The summed E-state index contributed by atoms with van der Waals surface area (Å²) < 4.78 is 5.02. The van der Waals surface area contributed by atoms with Gasteiger partial charge in [0.05, 0.1) is 12.6 Å². The highest BCUT2D eigenvalue weighted by Crippen LogP contribution is 2.29. The van der Waals surface area contributed by atoms with Gasteiger partial charge in [-0.25, -0.2) is 0 Å². The summed E-state index contributed by atoms with van der Waals surface area (Å²) in [4.78, 5) is 14.3. The summed E-state index contributed by atoms with van der Waals surface area (Å²) in [5.74, 6) is 0.129. The summed E-state index contributed by atoms with van der Waals surface area (Å²) >= 11 is 0. The Labute approximate surface area is 117 Å². The molecule has 0 aromatic heterocycles. The van der Waals surface area contributed by atoms with E-state index in [1.54, 1.807) is 7.11 Å². The van der Waals surface area contributed by atoms with E-state index in [2.05, 4.69) is 29.4 Å². The monoisotopic (exact) mass is 271 g/mol. The SMILES string of the molecule is COCCN(C)CCNC(=O)C1NCCCC1(C)C. The van der Waals surface area contributed by atoms with Crippen molar-refractivity contribution in [3.8, 4) is 0 Å². The zero-order chi connectivity index (χ0) is 14.3. The molecule has 2 N–H and O–H groups in total. The highest BCUT2D eigenvalue weighted by Gasteiger charge is 2.36. The minimum absolute atomic E-state index is 0.0459. The lowest BCUT2D eigenvalue weighted by Gasteiger charge is -2.38. The Balaban J connectivity index is 2.27. The van der Waals surface area contributed by atoms with Crippen molar-refractivity contribution < 1.29 is 9.53 Å². The third kappa shape index (κ3) is 5.47. The third-order valence-electron chi connectivity index (χ3n) is 3.86. The summed E-state index contributed by atoms with van der Waals surface area (Å²) in [6, 6.07) is -0.0643. The predicted octanol–water partition coefficient (Wildman–Crippen LogP) is 0.459. The molecule has 1 rings (SSSR count). The molecule has 0 radical (unpaired) electrons. The Hall–Kier alpha value is -0.650. The van der Waals surface area contributed by atoms with Crippen LogP contribution in [-0.2, 0) is 9.53 Å². The van der Waals surface area contributed by atoms with Gasteiger partial charge in [0.15, 0.2) is 0 Å². The highest BCUT2D eigenvalue weighted by molar-refractivity contribution is 5.82. The van der Waals surface area contributed by atoms with Gasteiger partial charge in [-0.3, -0.25) is 4.79 Å². The zero-order valence-electron chi connectivity index (χ0n) is 12.8. The van der Waals surface area contributed by atoms with Crippen molar-refractivity contribution in [2.24, 2.45) is 5.41 Å². The van der Waals surface area contributed by atoms with Crippen molar-refractivity contribution >= 4 is 5.91 Å². The number of rotatable bonds is 7. The van der Waals surface area contributed by atoms with Crippen molar-refractivity contribution in [2.45, 2.75) is 32.7 Å². The fraction of sp³-hybridized carbons (Fsp3) is 0.929. The number of amides is 1. The molecule has 0 aromatic rings. The number of likely N-dealkylation sites (N-methyl/N-ethyl adjacent to an activating group) is 1. The first-order valence-corrected chi connectivity index (χ1v) is 7.16. The Morgan fingerprint density at radius 1 is 1.47 bits per heavy atom. The maximum absolute atomic E-state index is 12.2. The molecule has 5 nitrogen and oxygen atoms in total. The van der Waals surface area contributed by atoms with Gasteiger partial charge in [-0.05, 0) is 31.8 Å². The van der Waals surface area contributed by atoms with Gasteiger partial charge in [0.25, 0.3) is 0 Å². The van der Waals surface area contributed by atoms with Gasteiger partial charge in [0.1, 0.15) is 0 Å². The van der Waals surface area contributed by atoms with Gasteiger partial charge in [0, 0.05) is 26.7 Å². The zero-order valence-corrected chi connectivity index (χ0v) is 12.8. The van der Waals surface area contributed by atoms with E-state index in [9.17, 15) is 4.79 Å². The Morgan fingerprint density at radius 2 is 2.21 bits per heavy atom. The molecule has 1 saturated heterocycles. The molecule has 1 aliphatic heterocycles. The average Bonchev–Trinajstić information content (AvgIpc) is 2.35. The van der Waals surface area contributed by atoms with Gasteiger partial charge in [-0.1, -0.05) is 13.8 Å². The van der Waals surface area contributed by atoms with Crippen LogP contribution in [0.5, 0.6) is 0 Å². The Kier molecular flexibility index (Phi) is 6.75. The lowest BCUT2D eigenvalue weighted by molar-refractivity contribution is -0.126. The molecule has 1 amide bonds. The molecule has 1 unspecified atom stereocenters. The minimum Gasteiger partial charge on any atom is -0.383 e. The minimum atomic E-state index is -0.0643. The first kappa shape index (κ1) is 16.4. The number of methoxy groups -OCH3 is 1. The number of carbonyl (C=O) groups excluding carboxylic acids is 1. The topological polar surface area (TPSA) is 53.6 Å². The largest absolute Gasteiger partial charge is 0.383 e. The van der Waals surface area contributed by atoms with E-state index >= 15 is 0 Å². The van der Waals surface area contributed by atoms with Crippen molar-refractivity contribution in [1.29, 1.82) is 0 Å². The molecule has 5 heteroatoms. The van der Waals surface area contributed by atoms with E-state index < -0.39 is 0 Å². The Bertz CT molecular complexity index is 282. The summed E-state index contributed by atoms with van der Waals surface area (Å²) in [7, 11) is 3.74. The van der Waals surface area contributed by atoms with Gasteiger partial charge in [-0.15, -0.1) is 0 Å². The quantitative estimate of drug-likeness (QED) is 0.706. The van der Waals surface area contributed by atoms with E-state index in [4.69, 9.17) is 4.74 Å². The van der Waals surface area contributed by atoms with Gasteiger partial charge < -0.3 is 20.3 Å². The lowest BCUT2D eigenvalue weighted by atomic mass is 9.77. The van der Waals surface area contributed by atoms with Gasteiger partial charge >= 0.3 is 0 Å². The highest BCUT2D eigenvalue weighted by atomic mass is 16.5. The maximum Gasteiger partial charge on any atom is 0.237 e. The number of nitrogens with zero attached hydrogens (tertiary/aromatic N) is 1. The maximum atomic E-state index is 12.2. The third-order valence-corrected chi connectivity index (χ3v) is 3.86. The van der Waals surface area contributed by atoms with Crippen LogP contribution < -0.4 is 10.6 Å². The number of hydrogen-bond acceptors (Lipinski definition) is 4. The molecule has 0 saturated carbocycles. The van der Waals surface area contributed by atoms with Crippen LogP contribution in [0.15, 0.2) is 0 Å². The molecule has 0 aromatic carbocycles. The lowest BCUT2D eigenvalue weighted by Crippen LogP contribution is -2.56. The van der Waals surface area contributed by atoms with Gasteiger partial charge in [-0.2, -0.15) is 0 Å². The van der Waals surface area contributed by atoms with Crippen LogP contribution in [0.1, 0.15) is 26.7 Å². The van der Waals surface area contributed by atoms with Crippen LogP contribution in [0.2, 0.25) is 0 Å². The van der Waals surface area contributed by atoms with Crippen LogP contribution in [-0.4, -0.2) is 63.8 Å². The second-order valence-corrected chi connectivity index (χ2v) is 6.07. The smallest absolute Gasteiger partial charge is 0.237 e. The Morgan fingerprint density at radius 3 is 2.84 bits per heavy atom. The predicted molar refractivity (Wildman–Crippen MR) is 77.2 cm³/mol. The van der Waals surface area contributed by atoms with Crippen LogP contribution in [0.4, 0.5) is 0 Å². The summed E-state index contributed by atoms with van der Waals surface area (Å²) in [6.45, 7) is 8.41. The van der Waals surface area contributed by atoms with Crippen LogP contribution >= 0.6 is 0 Å². The summed E-state index contributed by atoms with van der Waals surface area (Å²) in [5.41, 5.74) is 0.0459. The molecule has 0 spiro atoms. The van der Waals surface area contributed by atoms with Crippen LogP contribution in [0.25, 0.3) is 0 Å². The van der Waals surface area contributed by atoms with Crippen molar-refractivity contribution in [3.05, 3.63) is 0 Å². The molecular formula is C14H29N3O2. The second-order valence-electron chi connectivity index (χ2n) is 6.07. The number of hydrogen-bond donors (Lipinski definition) is 2. The fourth-order valence-electron chi connectivity index (χ4n) is 2.49. The average molecular weight is 271 g/mol. The summed E-state index contributed by atoms with van der Waals surface area (Å²) in [6.07, 6.45) is 2.25. The van der Waals surface area contributed by atoms with E-state index in [0.717, 1.165) is 39.1 Å². The van der Waals surface area contributed by atoms with Crippen LogP contribution in [0, 0.1) is 5.41 Å². The molecule has 0 aliphatic carbocycles. The molecule has 1 heterocycles. The molecule has 0 bridgehead atoms. The molecule has 19 heavy (non-hydrogen) atoms. The first-order chi connectivity index (χ1) is 8.97. The van der Waals surface area contributed by atoms with E-state index in [1.165, 1.54) is 0 Å². The van der Waals surface area contributed by atoms with Crippen LogP contribution in [0.3, 0.4) is 0 Å². The first-order valence-electron chi connectivity index (χ1n) is 7.16.